The summed E-state index contributed by atoms with van der Waals surface area (Å²) in [6.45, 7) is 2.25. The molecule has 0 aliphatic rings. The third-order valence-electron chi connectivity index (χ3n) is 2.67. The van der Waals surface area contributed by atoms with Crippen molar-refractivity contribution in [3.05, 3.63) is 50.0 Å². The van der Waals surface area contributed by atoms with Crippen LogP contribution in [0.25, 0.3) is 0 Å². The lowest BCUT2D eigenvalue weighted by molar-refractivity contribution is -0.116. The fourth-order valence-corrected chi connectivity index (χ4v) is 2.53. The van der Waals surface area contributed by atoms with Gasteiger partial charge in [0.15, 0.2) is 0 Å². The minimum absolute atomic E-state index is 0.0307. The number of nitrogens with one attached hydrogen (secondary N) is 1. The smallest absolute Gasteiger partial charge is 0.307 e. The third kappa shape index (κ3) is 3.68. The molecule has 1 aromatic heterocycles. The Morgan fingerprint density at radius 3 is 2.63 bits per heavy atom. The van der Waals surface area contributed by atoms with E-state index in [-0.39, 0.29) is 17.2 Å². The first-order valence-electron chi connectivity index (χ1n) is 5.76. The Balaban J connectivity index is 1.92. The monoisotopic (exact) mass is 296 g/mol. The first-order chi connectivity index (χ1) is 9.06. The summed E-state index contributed by atoms with van der Waals surface area (Å²) in [5.41, 5.74) is 1.58. The van der Waals surface area contributed by atoms with Gasteiger partial charge in [-0.1, -0.05) is 22.9 Å². The maximum atomic E-state index is 11.8. The number of carbonyl (C=O) groups excluding carboxylic acids is 1. The summed E-state index contributed by atoms with van der Waals surface area (Å²) in [6.07, 6.45) is 0.264. The van der Waals surface area contributed by atoms with Crippen LogP contribution in [-0.4, -0.2) is 10.5 Å². The molecule has 0 fully saturated rings. The van der Waals surface area contributed by atoms with E-state index in [2.05, 4.69) is 5.32 Å². The Hall–Kier alpha value is -1.59. The van der Waals surface area contributed by atoms with Crippen molar-refractivity contribution in [2.24, 2.45) is 0 Å². The molecule has 0 spiro atoms. The lowest BCUT2D eigenvalue weighted by atomic mass is 10.3. The number of benzene rings is 1. The molecule has 2 aromatic rings. The van der Waals surface area contributed by atoms with Crippen LogP contribution in [0.1, 0.15) is 12.1 Å². The number of anilines is 1. The number of thiazole rings is 1. The Morgan fingerprint density at radius 1 is 1.37 bits per heavy atom. The highest BCUT2D eigenvalue weighted by atomic mass is 35.5. The summed E-state index contributed by atoms with van der Waals surface area (Å²) < 4.78 is 1.60. The van der Waals surface area contributed by atoms with Crippen LogP contribution in [0.2, 0.25) is 5.02 Å². The number of nitrogens with zero attached hydrogens (tertiary/aromatic N) is 1. The van der Waals surface area contributed by atoms with Crippen molar-refractivity contribution in [2.75, 3.05) is 5.32 Å². The Labute approximate surface area is 119 Å². The van der Waals surface area contributed by atoms with Crippen LogP contribution in [0.4, 0.5) is 5.69 Å². The Kier molecular flexibility index (Phi) is 4.39. The van der Waals surface area contributed by atoms with E-state index in [1.54, 1.807) is 34.2 Å². The predicted molar refractivity (Wildman–Crippen MR) is 78.0 cm³/mol. The minimum atomic E-state index is -0.125. The molecule has 0 saturated carbocycles. The number of amides is 1. The molecule has 4 nitrogen and oxygen atoms in total. The van der Waals surface area contributed by atoms with E-state index < -0.39 is 0 Å². The number of aromatic nitrogens is 1. The largest absolute Gasteiger partial charge is 0.326 e. The summed E-state index contributed by atoms with van der Waals surface area (Å²) in [7, 11) is 0. The van der Waals surface area contributed by atoms with Gasteiger partial charge in [-0.2, -0.15) is 0 Å². The lowest BCUT2D eigenvalue weighted by Gasteiger charge is -2.06. The number of aryl methyl sites for hydroxylation is 1. The molecular weight excluding hydrogens is 284 g/mol. The second kappa shape index (κ2) is 6.04. The SMILES string of the molecule is Cc1csc(=O)n1CCC(=O)Nc1ccc(Cl)cc1. The summed E-state index contributed by atoms with van der Waals surface area (Å²) >= 11 is 6.91. The number of hydrogen-bond acceptors (Lipinski definition) is 3. The first-order valence-corrected chi connectivity index (χ1v) is 7.02. The van der Waals surface area contributed by atoms with Gasteiger partial charge in [-0.05, 0) is 31.2 Å². The van der Waals surface area contributed by atoms with Crippen LogP contribution < -0.4 is 10.2 Å². The average Bonchev–Trinajstić information content (AvgIpc) is 2.70. The number of halogens is 1. The van der Waals surface area contributed by atoms with Crippen LogP contribution in [0.5, 0.6) is 0 Å². The molecule has 19 heavy (non-hydrogen) atoms. The second-order valence-corrected chi connectivity index (χ2v) is 5.36. The van der Waals surface area contributed by atoms with Gasteiger partial charge in [0, 0.05) is 34.7 Å². The zero-order valence-corrected chi connectivity index (χ0v) is 11.9. The van der Waals surface area contributed by atoms with Gasteiger partial charge >= 0.3 is 4.87 Å². The summed E-state index contributed by atoms with van der Waals surface area (Å²) in [5, 5.41) is 5.18. The fourth-order valence-electron chi connectivity index (χ4n) is 1.64. The molecule has 0 saturated heterocycles. The van der Waals surface area contributed by atoms with Gasteiger partial charge in [0.05, 0.1) is 0 Å². The normalized spacial score (nSPS) is 10.4. The molecular formula is C13H13ClN2O2S. The molecule has 0 bridgehead atoms. The lowest BCUT2D eigenvalue weighted by Crippen LogP contribution is -2.20. The van der Waals surface area contributed by atoms with Gasteiger partial charge in [0.25, 0.3) is 0 Å². The molecule has 0 aliphatic carbocycles. The van der Waals surface area contributed by atoms with Crippen molar-refractivity contribution in [3.8, 4) is 0 Å². The first kappa shape index (κ1) is 13.8. The highest BCUT2D eigenvalue weighted by Gasteiger charge is 2.06. The summed E-state index contributed by atoms with van der Waals surface area (Å²) in [6, 6.07) is 6.90. The van der Waals surface area contributed by atoms with E-state index in [1.165, 1.54) is 0 Å². The van der Waals surface area contributed by atoms with Crippen molar-refractivity contribution in [2.45, 2.75) is 19.9 Å². The quantitative estimate of drug-likeness (QED) is 0.943. The van der Waals surface area contributed by atoms with Crippen molar-refractivity contribution < 1.29 is 4.79 Å². The van der Waals surface area contributed by atoms with Crippen molar-refractivity contribution in [3.63, 3.8) is 0 Å². The molecule has 0 atom stereocenters. The van der Waals surface area contributed by atoms with Crippen LogP contribution in [-0.2, 0) is 11.3 Å². The van der Waals surface area contributed by atoms with Crippen LogP contribution in [0.3, 0.4) is 0 Å². The van der Waals surface area contributed by atoms with Crippen molar-refractivity contribution in [1.29, 1.82) is 0 Å². The molecule has 1 amide bonds. The molecule has 0 unspecified atom stereocenters. The van der Waals surface area contributed by atoms with Gasteiger partial charge in [-0.3, -0.25) is 9.59 Å². The molecule has 2 rings (SSSR count). The Morgan fingerprint density at radius 2 is 2.05 bits per heavy atom. The van der Waals surface area contributed by atoms with Crippen molar-refractivity contribution in [1.82, 2.24) is 4.57 Å². The van der Waals surface area contributed by atoms with Crippen molar-refractivity contribution >= 4 is 34.5 Å². The molecule has 6 heteroatoms. The minimum Gasteiger partial charge on any atom is -0.326 e. The number of hydrogen-bond donors (Lipinski definition) is 1. The second-order valence-electron chi connectivity index (χ2n) is 4.10. The summed E-state index contributed by atoms with van der Waals surface area (Å²) in [4.78, 5) is 23.2. The van der Waals surface area contributed by atoms with E-state index in [9.17, 15) is 9.59 Å². The van der Waals surface area contributed by atoms with Gasteiger partial charge in [-0.25, -0.2) is 0 Å². The highest BCUT2D eigenvalue weighted by molar-refractivity contribution is 7.07. The molecule has 1 aromatic carbocycles. The van der Waals surface area contributed by atoms with Gasteiger partial charge in [0.1, 0.15) is 0 Å². The topological polar surface area (TPSA) is 51.1 Å². The van der Waals surface area contributed by atoms with E-state index in [4.69, 9.17) is 11.6 Å². The number of rotatable bonds is 4. The fraction of sp³-hybridized carbons (Fsp3) is 0.231. The molecule has 1 N–H and O–H groups in total. The maximum Gasteiger partial charge on any atom is 0.307 e. The average molecular weight is 297 g/mol. The van der Waals surface area contributed by atoms with E-state index >= 15 is 0 Å². The highest BCUT2D eigenvalue weighted by Crippen LogP contribution is 2.13. The van der Waals surface area contributed by atoms with Crippen LogP contribution in [0, 0.1) is 6.92 Å². The molecule has 0 radical (unpaired) electrons. The van der Waals surface area contributed by atoms with E-state index in [0.717, 1.165) is 17.0 Å². The standard InChI is InChI=1S/C13H13ClN2O2S/c1-9-8-19-13(18)16(9)7-6-12(17)15-11-4-2-10(14)3-5-11/h2-5,8H,6-7H2,1H3,(H,15,17). The van der Waals surface area contributed by atoms with E-state index in [1.807, 2.05) is 6.92 Å². The zero-order chi connectivity index (χ0) is 13.8. The third-order valence-corrected chi connectivity index (χ3v) is 3.80. The van der Waals surface area contributed by atoms with Gasteiger partial charge in [0.2, 0.25) is 5.91 Å². The maximum absolute atomic E-state index is 11.8. The van der Waals surface area contributed by atoms with Gasteiger partial charge < -0.3 is 9.88 Å². The Bertz CT molecular complexity index is 631. The molecule has 1 heterocycles. The zero-order valence-electron chi connectivity index (χ0n) is 10.4. The van der Waals surface area contributed by atoms with E-state index in [0.29, 0.717) is 17.3 Å². The predicted octanol–water partition coefficient (Wildman–Crippen LogP) is 2.90. The van der Waals surface area contributed by atoms with Crippen LogP contribution in [0.15, 0.2) is 34.4 Å². The molecule has 100 valence electrons. The van der Waals surface area contributed by atoms with Gasteiger partial charge in [-0.15, -0.1) is 0 Å². The molecule has 0 aliphatic heterocycles. The number of carbonyl (C=O) groups is 1. The van der Waals surface area contributed by atoms with Crippen LogP contribution >= 0.6 is 22.9 Å². The summed E-state index contributed by atoms with van der Waals surface area (Å²) in [5.74, 6) is -0.125.